The van der Waals surface area contributed by atoms with Crippen LogP contribution in [0.4, 0.5) is 0 Å². The van der Waals surface area contributed by atoms with Crippen LogP contribution in [0, 0.1) is 0 Å². The lowest BCUT2D eigenvalue weighted by atomic mass is 10.3. The van der Waals surface area contributed by atoms with Crippen LogP contribution in [0.15, 0.2) is 0 Å². The van der Waals surface area contributed by atoms with Gasteiger partial charge in [0.1, 0.15) is 0 Å². The van der Waals surface area contributed by atoms with Crippen molar-refractivity contribution in [3.8, 4) is 0 Å². The second-order valence-electron chi connectivity index (χ2n) is 7.72. The van der Waals surface area contributed by atoms with Crippen molar-refractivity contribution in [3.05, 3.63) is 0 Å². The molecular weight excluding hydrogens is 355 g/mol. The Bertz CT molecular complexity index is 353. The Morgan fingerprint density at radius 3 is 1.38 bits per heavy atom. The molecule has 0 N–H and O–H groups in total. The summed E-state index contributed by atoms with van der Waals surface area (Å²) in [5, 5.41) is -0.542. The molecule has 0 heterocycles. The van der Waals surface area contributed by atoms with Gasteiger partial charge in [0.05, 0.1) is 10.4 Å². The average molecular weight is 390 g/mol. The standard InChI is InChI=1S/C14H34Cl2O2Si3/c1-11-13(3,19(5,6)15)17-20(7,8)14(4,12-2)18-21(9,10)16/h11-12H2,1-10H3. The molecule has 0 amide bonds. The first-order valence-electron chi connectivity index (χ1n) is 7.82. The van der Waals surface area contributed by atoms with E-state index >= 15 is 0 Å². The Balaban J connectivity index is 5.53. The summed E-state index contributed by atoms with van der Waals surface area (Å²) < 4.78 is 13.1. The molecule has 2 unspecified atom stereocenters. The van der Waals surface area contributed by atoms with Gasteiger partial charge in [0.2, 0.25) is 8.32 Å². The molecule has 0 saturated carbocycles. The van der Waals surface area contributed by atoms with E-state index in [0.717, 1.165) is 12.8 Å². The zero-order valence-corrected chi connectivity index (χ0v) is 20.0. The molecule has 0 bridgehead atoms. The van der Waals surface area contributed by atoms with Crippen molar-refractivity contribution in [2.45, 2.75) is 90.3 Å². The first-order chi connectivity index (χ1) is 9.04. The van der Waals surface area contributed by atoms with Crippen molar-refractivity contribution in [1.82, 2.24) is 0 Å². The Labute approximate surface area is 144 Å². The highest BCUT2D eigenvalue weighted by Crippen LogP contribution is 2.40. The third-order valence-electron chi connectivity index (χ3n) is 4.83. The Kier molecular flexibility index (Phi) is 7.33. The fraction of sp³-hybridized carbons (Fsp3) is 1.00. The molecule has 0 aromatic heterocycles. The molecule has 7 heteroatoms. The first kappa shape index (κ1) is 22.2. The van der Waals surface area contributed by atoms with Crippen molar-refractivity contribution in [1.29, 1.82) is 0 Å². The van der Waals surface area contributed by atoms with Crippen LogP contribution in [0.2, 0.25) is 39.3 Å². The van der Waals surface area contributed by atoms with Crippen molar-refractivity contribution in [3.63, 3.8) is 0 Å². The number of hydrogen-bond acceptors (Lipinski definition) is 2. The van der Waals surface area contributed by atoms with E-state index < -0.39 is 23.3 Å². The summed E-state index contributed by atoms with van der Waals surface area (Å²) in [4.78, 5) is 0. The van der Waals surface area contributed by atoms with Gasteiger partial charge in [0, 0.05) is 0 Å². The normalized spacial score (nSPS) is 20.0. The number of hydrogen-bond donors (Lipinski definition) is 0. The molecule has 0 spiro atoms. The van der Waals surface area contributed by atoms with E-state index in [9.17, 15) is 0 Å². The first-order valence-corrected chi connectivity index (χ1v) is 18.7. The average Bonchev–Trinajstić information content (AvgIpc) is 2.24. The summed E-state index contributed by atoms with van der Waals surface area (Å²) in [6.45, 7) is 21.5. The predicted molar refractivity (Wildman–Crippen MR) is 104 cm³/mol. The van der Waals surface area contributed by atoms with E-state index in [2.05, 4.69) is 53.9 Å². The third-order valence-corrected chi connectivity index (χ3v) is 14.5. The molecule has 0 radical (unpaired) electrons. The van der Waals surface area contributed by atoms with E-state index in [-0.39, 0.29) is 10.4 Å². The van der Waals surface area contributed by atoms with Gasteiger partial charge >= 0.3 is 0 Å². The van der Waals surface area contributed by atoms with Crippen molar-refractivity contribution < 1.29 is 8.85 Å². The maximum Gasteiger partial charge on any atom is 0.284 e. The molecule has 0 aliphatic heterocycles. The van der Waals surface area contributed by atoms with Crippen LogP contribution in [0.25, 0.3) is 0 Å². The minimum Gasteiger partial charge on any atom is -0.411 e. The van der Waals surface area contributed by atoms with Crippen LogP contribution in [-0.2, 0) is 8.85 Å². The Hall–Kier alpha value is 1.15. The van der Waals surface area contributed by atoms with Crippen molar-refractivity contribution in [2.75, 3.05) is 0 Å². The molecule has 0 aliphatic carbocycles. The van der Waals surface area contributed by atoms with Crippen LogP contribution in [0.5, 0.6) is 0 Å². The van der Waals surface area contributed by atoms with Crippen LogP contribution in [0.1, 0.15) is 40.5 Å². The molecule has 2 nitrogen and oxygen atoms in total. The number of halogens is 2. The van der Waals surface area contributed by atoms with E-state index in [4.69, 9.17) is 31.0 Å². The molecule has 0 aromatic rings. The second kappa shape index (κ2) is 6.95. The fourth-order valence-electron chi connectivity index (χ4n) is 2.44. The summed E-state index contributed by atoms with van der Waals surface area (Å²) in [5.41, 5.74) is 0. The highest BCUT2D eigenvalue weighted by atomic mass is 35.6. The molecule has 2 atom stereocenters. The van der Waals surface area contributed by atoms with Gasteiger partial charge < -0.3 is 8.85 Å². The second-order valence-corrected chi connectivity index (χ2v) is 24.5. The highest BCUT2D eigenvalue weighted by molar-refractivity contribution is 7.20. The lowest BCUT2D eigenvalue weighted by molar-refractivity contribution is 0.0803. The van der Waals surface area contributed by atoms with Gasteiger partial charge in [-0.3, -0.25) is 0 Å². The molecule has 128 valence electrons. The van der Waals surface area contributed by atoms with Crippen LogP contribution in [0.3, 0.4) is 0 Å². The lowest BCUT2D eigenvalue weighted by Crippen LogP contribution is -2.65. The highest BCUT2D eigenvalue weighted by Gasteiger charge is 2.53. The van der Waals surface area contributed by atoms with E-state index in [0.29, 0.717) is 0 Å². The summed E-state index contributed by atoms with van der Waals surface area (Å²) >= 11 is 13.2. The maximum absolute atomic E-state index is 6.75. The van der Waals surface area contributed by atoms with Gasteiger partial charge in [-0.2, -0.15) is 11.1 Å². The quantitative estimate of drug-likeness (QED) is 0.373. The molecule has 21 heavy (non-hydrogen) atoms. The van der Waals surface area contributed by atoms with Gasteiger partial charge in [-0.15, -0.1) is 11.1 Å². The topological polar surface area (TPSA) is 18.5 Å². The van der Waals surface area contributed by atoms with Crippen molar-refractivity contribution >= 4 is 45.5 Å². The third kappa shape index (κ3) is 5.62. The van der Waals surface area contributed by atoms with Gasteiger partial charge in [-0.05, 0) is 52.9 Å². The van der Waals surface area contributed by atoms with E-state index in [1.807, 2.05) is 13.1 Å². The summed E-state index contributed by atoms with van der Waals surface area (Å²) in [7, 11) is -6.27. The molecule has 0 aromatic carbocycles. The molecular formula is C14H34Cl2O2Si3. The molecule has 0 rings (SSSR count). The zero-order chi connectivity index (χ0) is 17.3. The fourth-order valence-corrected chi connectivity index (χ4v) is 11.8. The Morgan fingerprint density at radius 2 is 1.14 bits per heavy atom. The lowest BCUT2D eigenvalue weighted by Gasteiger charge is -2.51. The van der Waals surface area contributed by atoms with Gasteiger partial charge in [0.15, 0.2) is 7.38 Å². The van der Waals surface area contributed by atoms with Crippen molar-refractivity contribution in [2.24, 2.45) is 0 Å². The van der Waals surface area contributed by atoms with Gasteiger partial charge in [-0.1, -0.05) is 26.9 Å². The van der Waals surface area contributed by atoms with Crippen LogP contribution < -0.4 is 0 Å². The predicted octanol–water partition coefficient (Wildman–Crippen LogP) is 6.03. The Morgan fingerprint density at radius 1 is 0.762 bits per heavy atom. The monoisotopic (exact) mass is 388 g/mol. The minimum atomic E-state index is -2.15. The van der Waals surface area contributed by atoms with Gasteiger partial charge in [-0.25, -0.2) is 0 Å². The maximum atomic E-state index is 6.75. The smallest absolute Gasteiger partial charge is 0.284 e. The largest absolute Gasteiger partial charge is 0.411 e. The zero-order valence-electron chi connectivity index (χ0n) is 15.5. The van der Waals surface area contributed by atoms with Gasteiger partial charge in [0.25, 0.3) is 7.63 Å². The summed E-state index contributed by atoms with van der Waals surface area (Å²) in [5.74, 6) is 0. The molecule has 0 fully saturated rings. The molecule has 0 aliphatic rings. The number of rotatable bonds is 8. The minimum absolute atomic E-state index is 0.248. The SMILES string of the molecule is CCC(C)(O[Si](C)(C)C(C)(CC)O[Si](C)(C)Cl)[Si](C)(C)Cl. The van der Waals surface area contributed by atoms with E-state index in [1.54, 1.807) is 0 Å². The summed E-state index contributed by atoms with van der Waals surface area (Å²) in [6.07, 6.45) is 1.83. The summed E-state index contributed by atoms with van der Waals surface area (Å²) in [6, 6.07) is 0. The van der Waals surface area contributed by atoms with Crippen LogP contribution in [-0.4, -0.2) is 33.8 Å². The van der Waals surface area contributed by atoms with Crippen LogP contribution >= 0.6 is 22.2 Å². The van der Waals surface area contributed by atoms with E-state index in [1.165, 1.54) is 0 Å². The molecule has 0 saturated heterocycles.